The smallest absolute Gasteiger partial charge is 0.222 e. The minimum atomic E-state index is 0. The fourth-order valence-electron chi connectivity index (χ4n) is 4.16. The van der Waals surface area contributed by atoms with Crippen molar-refractivity contribution in [1.82, 2.24) is 4.90 Å². The van der Waals surface area contributed by atoms with Crippen LogP contribution in [0.15, 0.2) is 42.5 Å². The molecule has 1 unspecified atom stereocenters. The van der Waals surface area contributed by atoms with E-state index in [0.717, 1.165) is 45.2 Å². The number of hydrogen-bond donors (Lipinski definition) is 1. The molecule has 0 aromatic heterocycles. The molecule has 26 heavy (non-hydrogen) atoms. The van der Waals surface area contributed by atoms with E-state index in [2.05, 4.69) is 42.5 Å². The topological polar surface area (TPSA) is 46.3 Å². The second-order valence-electron chi connectivity index (χ2n) is 7.42. The number of aryl methyl sites for hydroxylation is 1. The molecule has 2 N–H and O–H groups in total. The molecule has 4 rings (SSSR count). The molecule has 4 heteroatoms. The second-order valence-corrected chi connectivity index (χ2v) is 7.42. The first kappa shape index (κ1) is 18.9. The molecular weight excluding hydrogens is 344 g/mol. The number of amides is 1. The molecule has 0 spiro atoms. The lowest BCUT2D eigenvalue weighted by Gasteiger charge is -2.30. The zero-order chi connectivity index (χ0) is 17.2. The molecule has 2 aromatic carbocycles. The number of carbonyl (C=O) groups is 1. The van der Waals surface area contributed by atoms with Gasteiger partial charge in [0.15, 0.2) is 0 Å². The highest BCUT2D eigenvalue weighted by Gasteiger charge is 2.21. The molecule has 1 saturated heterocycles. The first-order chi connectivity index (χ1) is 12.2. The molecule has 1 atom stereocenters. The third-order valence-electron chi connectivity index (χ3n) is 5.53. The van der Waals surface area contributed by atoms with Crippen molar-refractivity contribution < 1.29 is 4.79 Å². The Labute approximate surface area is 162 Å². The van der Waals surface area contributed by atoms with Crippen molar-refractivity contribution in [3.8, 4) is 11.1 Å². The van der Waals surface area contributed by atoms with Crippen LogP contribution >= 0.6 is 12.4 Å². The molecule has 1 aliphatic heterocycles. The minimum absolute atomic E-state index is 0. The van der Waals surface area contributed by atoms with Gasteiger partial charge in [-0.3, -0.25) is 4.79 Å². The van der Waals surface area contributed by atoms with E-state index in [-0.39, 0.29) is 24.4 Å². The summed E-state index contributed by atoms with van der Waals surface area (Å²) >= 11 is 0. The van der Waals surface area contributed by atoms with E-state index in [1.165, 1.54) is 27.8 Å². The maximum absolute atomic E-state index is 12.4. The highest BCUT2D eigenvalue weighted by molar-refractivity contribution is 5.85. The molecular formula is C22H27ClN2O. The number of piperidine rings is 1. The Bertz CT molecular complexity index is 789. The van der Waals surface area contributed by atoms with Crippen molar-refractivity contribution in [2.24, 2.45) is 5.73 Å². The van der Waals surface area contributed by atoms with E-state index < -0.39 is 0 Å². The number of nitrogens with zero attached hydrogens (tertiary/aromatic N) is 1. The van der Waals surface area contributed by atoms with Gasteiger partial charge in [-0.15, -0.1) is 12.4 Å². The van der Waals surface area contributed by atoms with Crippen molar-refractivity contribution in [2.75, 3.05) is 13.1 Å². The Hall–Kier alpha value is -1.84. The van der Waals surface area contributed by atoms with Gasteiger partial charge in [0.05, 0.1) is 0 Å². The van der Waals surface area contributed by atoms with Gasteiger partial charge in [-0.25, -0.2) is 0 Å². The van der Waals surface area contributed by atoms with Crippen LogP contribution in [0.5, 0.6) is 0 Å². The number of halogens is 1. The van der Waals surface area contributed by atoms with Gasteiger partial charge in [-0.05, 0) is 59.9 Å². The fraction of sp³-hybridized carbons (Fsp3) is 0.409. The highest BCUT2D eigenvalue weighted by atomic mass is 35.5. The molecule has 1 heterocycles. The maximum atomic E-state index is 12.4. The molecule has 138 valence electrons. The van der Waals surface area contributed by atoms with E-state index in [1.54, 1.807) is 0 Å². The van der Waals surface area contributed by atoms with E-state index in [0.29, 0.717) is 6.42 Å². The summed E-state index contributed by atoms with van der Waals surface area (Å²) in [5.74, 6) is 0.265. The first-order valence-corrected chi connectivity index (χ1v) is 9.44. The van der Waals surface area contributed by atoms with Crippen LogP contribution in [0.2, 0.25) is 0 Å². The number of hydrogen-bond acceptors (Lipinski definition) is 2. The van der Waals surface area contributed by atoms with Crippen LogP contribution in [0.3, 0.4) is 0 Å². The van der Waals surface area contributed by atoms with Crippen molar-refractivity contribution >= 4 is 18.3 Å². The Balaban J connectivity index is 0.00000196. The lowest BCUT2D eigenvalue weighted by Crippen LogP contribution is -2.45. The number of likely N-dealkylation sites (tertiary alicyclic amines) is 1. The van der Waals surface area contributed by atoms with E-state index in [4.69, 9.17) is 5.73 Å². The number of rotatable bonds is 4. The molecule has 1 fully saturated rings. The minimum Gasteiger partial charge on any atom is -0.341 e. The predicted molar refractivity (Wildman–Crippen MR) is 109 cm³/mol. The van der Waals surface area contributed by atoms with Crippen molar-refractivity contribution in [3.05, 3.63) is 59.2 Å². The largest absolute Gasteiger partial charge is 0.341 e. The molecule has 2 aliphatic rings. The van der Waals surface area contributed by atoms with E-state index >= 15 is 0 Å². The summed E-state index contributed by atoms with van der Waals surface area (Å²) in [6.45, 7) is 1.61. The maximum Gasteiger partial charge on any atom is 0.222 e. The van der Waals surface area contributed by atoms with Gasteiger partial charge >= 0.3 is 0 Å². The zero-order valence-corrected chi connectivity index (χ0v) is 15.9. The van der Waals surface area contributed by atoms with Gasteiger partial charge in [0.25, 0.3) is 0 Å². The SMILES string of the molecule is Cl.NC1CCCN(C(=O)CCCc2ccc3c(c2)-c2ccccc2C3)C1. The quantitative estimate of drug-likeness (QED) is 0.755. The summed E-state index contributed by atoms with van der Waals surface area (Å²) in [5, 5.41) is 0. The first-order valence-electron chi connectivity index (χ1n) is 9.44. The third kappa shape index (κ3) is 3.94. The average Bonchev–Trinajstić information content (AvgIpc) is 3.00. The molecule has 0 radical (unpaired) electrons. The van der Waals surface area contributed by atoms with Gasteiger partial charge < -0.3 is 10.6 Å². The molecule has 3 nitrogen and oxygen atoms in total. The number of nitrogens with two attached hydrogens (primary N) is 1. The lowest BCUT2D eigenvalue weighted by atomic mass is 9.99. The van der Waals surface area contributed by atoms with E-state index in [1.807, 2.05) is 4.90 Å². The standard InChI is InChI=1S/C22H26N2O.ClH/c23-19-7-4-12-24(15-19)22(25)9-3-5-16-10-11-18-14-17-6-1-2-8-20(17)21(18)13-16;/h1-2,6,8,10-11,13,19H,3-5,7,9,12,14-15,23H2;1H. The van der Waals surface area contributed by atoms with Crippen molar-refractivity contribution in [3.63, 3.8) is 0 Å². The lowest BCUT2D eigenvalue weighted by molar-refractivity contribution is -0.132. The third-order valence-corrected chi connectivity index (χ3v) is 5.53. The predicted octanol–water partition coefficient (Wildman–Crippen LogP) is 3.95. The van der Waals surface area contributed by atoms with Crippen LogP contribution in [0.1, 0.15) is 42.4 Å². The molecule has 0 saturated carbocycles. The zero-order valence-electron chi connectivity index (χ0n) is 15.1. The van der Waals surface area contributed by atoms with Crippen molar-refractivity contribution in [1.29, 1.82) is 0 Å². The van der Waals surface area contributed by atoms with Crippen LogP contribution in [0.25, 0.3) is 11.1 Å². The molecule has 2 aromatic rings. The van der Waals surface area contributed by atoms with Crippen LogP contribution in [-0.4, -0.2) is 29.9 Å². The van der Waals surface area contributed by atoms with Gasteiger partial charge in [-0.2, -0.15) is 0 Å². The Kier molecular flexibility index (Phi) is 6.00. The normalized spacial score (nSPS) is 18.0. The molecule has 1 aliphatic carbocycles. The Morgan fingerprint density at radius 2 is 1.92 bits per heavy atom. The summed E-state index contributed by atoms with van der Waals surface area (Å²) in [7, 11) is 0. The Morgan fingerprint density at radius 1 is 1.12 bits per heavy atom. The van der Waals surface area contributed by atoms with Gasteiger partial charge in [0.1, 0.15) is 0 Å². The molecule has 0 bridgehead atoms. The van der Waals surface area contributed by atoms with Crippen LogP contribution in [-0.2, 0) is 17.6 Å². The monoisotopic (exact) mass is 370 g/mol. The number of fused-ring (bicyclic) bond motifs is 3. The summed E-state index contributed by atoms with van der Waals surface area (Å²) in [5.41, 5.74) is 12.9. The summed E-state index contributed by atoms with van der Waals surface area (Å²) in [6.07, 6.45) is 5.61. The number of carbonyl (C=O) groups excluding carboxylic acids is 1. The van der Waals surface area contributed by atoms with E-state index in [9.17, 15) is 4.79 Å². The fourth-order valence-corrected chi connectivity index (χ4v) is 4.16. The van der Waals surface area contributed by atoms with Crippen molar-refractivity contribution in [2.45, 2.75) is 44.6 Å². The van der Waals surface area contributed by atoms with Gasteiger partial charge in [0, 0.05) is 25.6 Å². The van der Waals surface area contributed by atoms with Crippen LogP contribution in [0.4, 0.5) is 0 Å². The van der Waals surface area contributed by atoms with Gasteiger partial charge in [-0.1, -0.05) is 42.5 Å². The summed E-state index contributed by atoms with van der Waals surface area (Å²) in [4.78, 5) is 14.3. The Morgan fingerprint density at radius 3 is 2.77 bits per heavy atom. The van der Waals surface area contributed by atoms with Gasteiger partial charge in [0.2, 0.25) is 5.91 Å². The highest BCUT2D eigenvalue weighted by Crippen LogP contribution is 2.37. The molecule has 1 amide bonds. The van der Waals surface area contributed by atoms with Crippen LogP contribution in [0, 0.1) is 0 Å². The number of benzene rings is 2. The average molecular weight is 371 g/mol. The van der Waals surface area contributed by atoms with Crippen LogP contribution < -0.4 is 5.73 Å². The summed E-state index contributed by atoms with van der Waals surface area (Å²) in [6, 6.07) is 15.6. The summed E-state index contributed by atoms with van der Waals surface area (Å²) < 4.78 is 0. The second kappa shape index (κ2) is 8.24.